The van der Waals surface area contributed by atoms with Crippen molar-refractivity contribution < 1.29 is 0 Å². The molecule has 1 aromatic rings. The van der Waals surface area contributed by atoms with Crippen molar-refractivity contribution in [1.29, 1.82) is 0 Å². The third-order valence-corrected chi connectivity index (χ3v) is 5.77. The Labute approximate surface area is 127 Å². The zero-order chi connectivity index (χ0) is 14.6. The van der Waals surface area contributed by atoms with Gasteiger partial charge < -0.3 is 5.32 Å². The third kappa shape index (κ3) is 3.57. The Morgan fingerprint density at radius 1 is 1.25 bits per heavy atom. The zero-order valence-corrected chi connectivity index (χ0v) is 13.9. The summed E-state index contributed by atoms with van der Waals surface area (Å²) >= 11 is 1.88. The minimum Gasteiger partial charge on any atom is -0.358 e. The quantitative estimate of drug-likeness (QED) is 0.879. The first-order chi connectivity index (χ1) is 9.58. The van der Waals surface area contributed by atoms with E-state index in [1.54, 1.807) is 0 Å². The fourth-order valence-electron chi connectivity index (χ4n) is 2.44. The molecule has 0 bridgehead atoms. The lowest BCUT2D eigenvalue weighted by molar-refractivity contribution is 0.318. The molecule has 1 heterocycles. The molecule has 0 saturated carbocycles. The number of thioether (sulfide) groups is 1. The lowest BCUT2D eigenvalue weighted by atomic mass is 9.84. The van der Waals surface area contributed by atoms with Crippen molar-refractivity contribution in [2.45, 2.75) is 46.6 Å². The van der Waals surface area contributed by atoms with E-state index in [4.69, 9.17) is 4.99 Å². The lowest BCUT2D eigenvalue weighted by Crippen LogP contribution is -2.35. The second-order valence-corrected chi connectivity index (χ2v) is 6.86. The number of benzene rings is 1. The highest BCUT2D eigenvalue weighted by molar-refractivity contribution is 8.13. The van der Waals surface area contributed by atoms with Gasteiger partial charge in [-0.2, -0.15) is 0 Å². The molecule has 1 N–H and O–H groups in total. The number of nitrogens with one attached hydrogen (secondary N) is 1. The molecule has 1 atom stereocenters. The van der Waals surface area contributed by atoms with Crippen molar-refractivity contribution in [2.24, 2.45) is 10.4 Å². The molecule has 110 valence electrons. The van der Waals surface area contributed by atoms with Crippen LogP contribution in [0.2, 0.25) is 0 Å². The molecule has 1 unspecified atom stereocenters. The molecule has 1 aromatic carbocycles. The van der Waals surface area contributed by atoms with Crippen LogP contribution in [0, 0.1) is 12.3 Å². The van der Waals surface area contributed by atoms with Gasteiger partial charge in [-0.05, 0) is 37.7 Å². The topological polar surface area (TPSA) is 24.4 Å². The van der Waals surface area contributed by atoms with Crippen LogP contribution in [0.3, 0.4) is 0 Å². The van der Waals surface area contributed by atoms with Gasteiger partial charge in [0.15, 0.2) is 5.17 Å². The van der Waals surface area contributed by atoms with Gasteiger partial charge in [0.05, 0.1) is 6.04 Å². The van der Waals surface area contributed by atoms with Crippen LogP contribution in [0.1, 0.15) is 50.8 Å². The first-order valence-electron chi connectivity index (χ1n) is 7.59. The van der Waals surface area contributed by atoms with Crippen molar-refractivity contribution in [2.75, 3.05) is 12.3 Å². The fraction of sp³-hybridized carbons (Fsp3) is 0.588. The Morgan fingerprint density at radius 2 is 1.90 bits per heavy atom. The standard InChI is InChI=1S/C17H26N2S/c1-5-17(6-2)11-18-16(20-12-17)19-14(4)15-9-7-13(3)8-10-15/h7-10,14H,5-6,11-12H2,1-4H3,(H,18,19). The first kappa shape index (κ1) is 15.4. The van der Waals surface area contributed by atoms with E-state index in [0.717, 1.165) is 11.7 Å². The van der Waals surface area contributed by atoms with Crippen LogP contribution in [-0.2, 0) is 0 Å². The minimum atomic E-state index is 0.317. The Balaban J connectivity index is 1.97. The number of nitrogens with zero attached hydrogens (tertiary/aromatic N) is 1. The van der Waals surface area contributed by atoms with E-state index in [1.807, 2.05) is 11.8 Å². The molecule has 1 aliphatic rings. The van der Waals surface area contributed by atoms with Crippen molar-refractivity contribution in [1.82, 2.24) is 5.32 Å². The highest BCUT2D eigenvalue weighted by atomic mass is 32.2. The second kappa shape index (κ2) is 6.66. The van der Waals surface area contributed by atoms with Crippen molar-refractivity contribution in [3.63, 3.8) is 0 Å². The van der Waals surface area contributed by atoms with E-state index in [1.165, 1.54) is 29.7 Å². The van der Waals surface area contributed by atoms with Gasteiger partial charge in [0.2, 0.25) is 0 Å². The van der Waals surface area contributed by atoms with Gasteiger partial charge >= 0.3 is 0 Å². The molecule has 3 heteroatoms. The van der Waals surface area contributed by atoms with Gasteiger partial charge in [-0.1, -0.05) is 55.4 Å². The summed E-state index contributed by atoms with van der Waals surface area (Å²) in [5.41, 5.74) is 3.05. The molecule has 0 amide bonds. The monoisotopic (exact) mass is 290 g/mol. The Morgan fingerprint density at radius 3 is 2.40 bits per heavy atom. The van der Waals surface area contributed by atoms with Gasteiger partial charge in [-0.3, -0.25) is 4.99 Å². The summed E-state index contributed by atoms with van der Waals surface area (Å²) in [5, 5.41) is 4.66. The van der Waals surface area contributed by atoms with E-state index in [2.05, 4.69) is 57.3 Å². The number of rotatable bonds is 4. The Kier molecular flexibility index (Phi) is 5.14. The van der Waals surface area contributed by atoms with Gasteiger partial charge in [0.1, 0.15) is 0 Å². The molecule has 0 spiro atoms. The van der Waals surface area contributed by atoms with Crippen molar-refractivity contribution in [3.8, 4) is 0 Å². The zero-order valence-electron chi connectivity index (χ0n) is 13.1. The number of hydrogen-bond acceptors (Lipinski definition) is 3. The van der Waals surface area contributed by atoms with E-state index in [0.29, 0.717) is 11.5 Å². The fourth-order valence-corrected chi connectivity index (χ4v) is 3.80. The molecular weight excluding hydrogens is 264 g/mol. The van der Waals surface area contributed by atoms with E-state index in [-0.39, 0.29) is 0 Å². The number of amidine groups is 1. The maximum atomic E-state index is 4.78. The van der Waals surface area contributed by atoms with Crippen molar-refractivity contribution in [3.05, 3.63) is 35.4 Å². The SMILES string of the molecule is CCC1(CC)CN=C(NC(C)c2ccc(C)cc2)SC1. The summed E-state index contributed by atoms with van der Waals surface area (Å²) in [6.45, 7) is 9.86. The largest absolute Gasteiger partial charge is 0.358 e. The van der Waals surface area contributed by atoms with Gasteiger partial charge in [-0.15, -0.1) is 0 Å². The average molecular weight is 290 g/mol. The normalized spacial score (nSPS) is 19.3. The molecule has 0 radical (unpaired) electrons. The van der Waals surface area contributed by atoms with E-state index < -0.39 is 0 Å². The maximum absolute atomic E-state index is 4.78. The Bertz CT molecular complexity index is 460. The number of aliphatic imine (C=N–C) groups is 1. The molecule has 0 aliphatic carbocycles. The number of hydrogen-bond donors (Lipinski definition) is 1. The van der Waals surface area contributed by atoms with Gasteiger partial charge in [0.25, 0.3) is 0 Å². The summed E-state index contributed by atoms with van der Waals surface area (Å²) in [5.74, 6) is 1.19. The van der Waals surface area contributed by atoms with Crippen LogP contribution < -0.4 is 5.32 Å². The summed E-state index contributed by atoms with van der Waals surface area (Å²) in [7, 11) is 0. The van der Waals surface area contributed by atoms with Gasteiger partial charge in [-0.25, -0.2) is 0 Å². The van der Waals surface area contributed by atoms with Crippen LogP contribution in [0.4, 0.5) is 0 Å². The smallest absolute Gasteiger partial charge is 0.157 e. The summed E-state index contributed by atoms with van der Waals surface area (Å²) < 4.78 is 0. The lowest BCUT2D eigenvalue weighted by Gasteiger charge is -2.34. The highest BCUT2D eigenvalue weighted by Crippen LogP contribution is 2.35. The molecule has 0 aromatic heterocycles. The number of aryl methyl sites for hydroxylation is 1. The summed E-state index contributed by atoms with van der Waals surface area (Å²) in [6.07, 6.45) is 2.45. The molecule has 1 aliphatic heterocycles. The molecule has 20 heavy (non-hydrogen) atoms. The van der Waals surface area contributed by atoms with Crippen LogP contribution in [0.5, 0.6) is 0 Å². The molecule has 0 fully saturated rings. The third-order valence-electron chi connectivity index (χ3n) is 4.49. The van der Waals surface area contributed by atoms with Crippen LogP contribution >= 0.6 is 11.8 Å². The average Bonchev–Trinajstić information content (AvgIpc) is 2.49. The highest BCUT2D eigenvalue weighted by Gasteiger charge is 2.30. The first-order valence-corrected chi connectivity index (χ1v) is 8.57. The summed E-state index contributed by atoms with van der Waals surface area (Å²) in [4.78, 5) is 4.78. The molecule has 2 nitrogen and oxygen atoms in total. The van der Waals surface area contributed by atoms with Gasteiger partial charge in [0, 0.05) is 12.3 Å². The molecule has 0 saturated heterocycles. The Hall–Kier alpha value is -0.960. The predicted octanol–water partition coefficient (Wildman–Crippen LogP) is 4.55. The molecule has 2 rings (SSSR count). The van der Waals surface area contributed by atoms with E-state index >= 15 is 0 Å². The van der Waals surface area contributed by atoms with Crippen LogP contribution in [0.15, 0.2) is 29.3 Å². The van der Waals surface area contributed by atoms with Crippen LogP contribution in [-0.4, -0.2) is 17.5 Å². The van der Waals surface area contributed by atoms with E-state index in [9.17, 15) is 0 Å². The summed E-state index contributed by atoms with van der Waals surface area (Å²) in [6, 6.07) is 9.05. The minimum absolute atomic E-state index is 0.317. The molecular formula is C17H26N2S. The van der Waals surface area contributed by atoms with Crippen LogP contribution in [0.25, 0.3) is 0 Å². The maximum Gasteiger partial charge on any atom is 0.157 e. The van der Waals surface area contributed by atoms with Crippen molar-refractivity contribution >= 4 is 16.9 Å². The second-order valence-electron chi connectivity index (χ2n) is 5.89. The predicted molar refractivity (Wildman–Crippen MR) is 90.5 cm³/mol.